The molecule has 3 aromatic rings. The fraction of sp³-hybridized carbons (Fsp3) is 0.333. The third-order valence-electron chi connectivity index (χ3n) is 3.82. The lowest BCUT2D eigenvalue weighted by molar-refractivity contribution is -0.116. The highest BCUT2D eigenvalue weighted by Crippen LogP contribution is 2.20. The van der Waals surface area contributed by atoms with Crippen molar-refractivity contribution in [1.29, 1.82) is 0 Å². The molecule has 0 fully saturated rings. The number of nitrogens with zero attached hydrogens (tertiary/aromatic N) is 3. The molecule has 8 heteroatoms. The first kappa shape index (κ1) is 18.1. The second-order valence-corrected chi connectivity index (χ2v) is 6.37. The van der Waals surface area contributed by atoms with Crippen molar-refractivity contribution in [3.05, 3.63) is 46.9 Å². The number of aromatic nitrogens is 4. The molecular weight excluding hydrogens is 354 g/mol. The minimum atomic E-state index is -0.148. The highest BCUT2D eigenvalue weighted by atomic mass is 35.5. The summed E-state index contributed by atoms with van der Waals surface area (Å²) in [5, 5.41) is 18.4. The van der Waals surface area contributed by atoms with Crippen LogP contribution in [0, 0.1) is 0 Å². The minimum absolute atomic E-state index is 0.148. The molecule has 0 radical (unpaired) electrons. The van der Waals surface area contributed by atoms with Crippen molar-refractivity contribution < 1.29 is 9.21 Å². The Hall–Kier alpha value is -2.67. The third-order valence-corrected chi connectivity index (χ3v) is 4.07. The van der Waals surface area contributed by atoms with E-state index in [4.69, 9.17) is 16.0 Å². The zero-order valence-electron chi connectivity index (χ0n) is 14.5. The van der Waals surface area contributed by atoms with Crippen molar-refractivity contribution in [2.45, 2.75) is 39.0 Å². The van der Waals surface area contributed by atoms with Crippen LogP contribution in [0.5, 0.6) is 0 Å². The zero-order valence-corrected chi connectivity index (χ0v) is 15.2. The summed E-state index contributed by atoms with van der Waals surface area (Å²) in [5.41, 5.74) is 1.81. The van der Waals surface area contributed by atoms with Crippen molar-refractivity contribution in [2.24, 2.45) is 0 Å². The molecule has 1 amide bonds. The van der Waals surface area contributed by atoms with E-state index in [1.165, 1.54) is 0 Å². The highest BCUT2D eigenvalue weighted by molar-refractivity contribution is 6.30. The molecule has 0 aliphatic heterocycles. The van der Waals surface area contributed by atoms with Crippen molar-refractivity contribution in [2.75, 3.05) is 5.32 Å². The van der Waals surface area contributed by atoms with E-state index in [1.54, 1.807) is 24.3 Å². The van der Waals surface area contributed by atoms with E-state index in [1.807, 2.05) is 6.07 Å². The molecule has 7 nitrogen and oxygen atoms in total. The topological polar surface area (TPSA) is 96.7 Å². The highest BCUT2D eigenvalue weighted by Gasteiger charge is 2.11. The smallest absolute Gasteiger partial charge is 0.247 e. The second kappa shape index (κ2) is 8.62. The number of anilines is 1. The lowest BCUT2D eigenvalue weighted by Crippen LogP contribution is -2.12. The number of H-pyrrole nitrogens is 1. The van der Waals surface area contributed by atoms with E-state index in [2.05, 4.69) is 32.6 Å². The Morgan fingerprint density at radius 1 is 1.23 bits per heavy atom. The number of rotatable bonds is 8. The van der Waals surface area contributed by atoms with Crippen LogP contribution < -0.4 is 5.32 Å². The number of aryl methyl sites for hydroxylation is 2. The van der Waals surface area contributed by atoms with Gasteiger partial charge in [-0.1, -0.05) is 24.9 Å². The number of halogens is 1. The molecule has 26 heavy (non-hydrogen) atoms. The second-order valence-electron chi connectivity index (χ2n) is 5.94. The SMILES string of the molecule is CCCCc1cc(NC(=O)CCc2nnc(-c3ccc(Cl)cc3)o2)n[nH]1. The Kier molecular flexibility index (Phi) is 6.01. The minimum Gasteiger partial charge on any atom is -0.421 e. The summed E-state index contributed by atoms with van der Waals surface area (Å²) in [6, 6.07) is 8.98. The maximum absolute atomic E-state index is 12.1. The molecule has 0 atom stereocenters. The molecule has 2 aromatic heterocycles. The van der Waals surface area contributed by atoms with Crippen LogP contribution >= 0.6 is 11.6 Å². The van der Waals surface area contributed by atoms with Crippen LogP contribution in [0.4, 0.5) is 5.82 Å². The van der Waals surface area contributed by atoms with Crippen LogP contribution in [-0.4, -0.2) is 26.3 Å². The molecule has 2 N–H and O–H groups in total. The largest absolute Gasteiger partial charge is 0.421 e. The van der Waals surface area contributed by atoms with Crippen LogP contribution in [0.1, 0.15) is 37.8 Å². The quantitative estimate of drug-likeness (QED) is 0.621. The van der Waals surface area contributed by atoms with Gasteiger partial charge in [0.05, 0.1) is 0 Å². The number of carbonyl (C=O) groups excluding carboxylic acids is 1. The predicted molar refractivity (Wildman–Crippen MR) is 98.9 cm³/mol. The maximum Gasteiger partial charge on any atom is 0.247 e. The van der Waals surface area contributed by atoms with Gasteiger partial charge in [0.2, 0.25) is 17.7 Å². The van der Waals surface area contributed by atoms with Gasteiger partial charge in [0.25, 0.3) is 0 Å². The summed E-state index contributed by atoms with van der Waals surface area (Å²) in [6.45, 7) is 2.13. The van der Waals surface area contributed by atoms with Gasteiger partial charge in [-0.3, -0.25) is 9.89 Å². The summed E-state index contributed by atoms with van der Waals surface area (Å²) in [7, 11) is 0. The third kappa shape index (κ3) is 4.92. The summed E-state index contributed by atoms with van der Waals surface area (Å²) in [5.74, 6) is 1.21. The Morgan fingerprint density at radius 3 is 2.81 bits per heavy atom. The number of aromatic amines is 1. The number of amides is 1. The summed E-state index contributed by atoms with van der Waals surface area (Å²) in [4.78, 5) is 12.1. The fourth-order valence-corrected chi connectivity index (χ4v) is 2.54. The predicted octanol–water partition coefficient (Wildman–Crippen LogP) is 4.03. The summed E-state index contributed by atoms with van der Waals surface area (Å²) in [6.07, 6.45) is 3.72. The Labute approximate surface area is 156 Å². The number of hydrogen-bond acceptors (Lipinski definition) is 5. The standard InChI is InChI=1S/C18H20ClN5O2/c1-2-3-4-14-11-15(22-21-14)20-16(25)9-10-17-23-24-18(26-17)12-5-7-13(19)8-6-12/h5-8,11H,2-4,9-10H2,1H3,(H2,20,21,22,25). The fourth-order valence-electron chi connectivity index (χ4n) is 2.41. The van der Waals surface area contributed by atoms with E-state index in [-0.39, 0.29) is 12.3 Å². The molecule has 3 rings (SSSR count). The maximum atomic E-state index is 12.1. The molecule has 1 aromatic carbocycles. The number of carbonyl (C=O) groups is 1. The van der Waals surface area contributed by atoms with E-state index >= 15 is 0 Å². The average molecular weight is 374 g/mol. The monoisotopic (exact) mass is 373 g/mol. The molecule has 136 valence electrons. The Balaban J connectivity index is 1.50. The van der Waals surface area contributed by atoms with Gasteiger partial charge >= 0.3 is 0 Å². The van der Waals surface area contributed by atoms with E-state index < -0.39 is 0 Å². The lowest BCUT2D eigenvalue weighted by atomic mass is 10.2. The molecule has 0 unspecified atom stereocenters. The molecule has 0 aliphatic rings. The molecule has 0 saturated heterocycles. The number of benzene rings is 1. The first-order valence-corrected chi connectivity index (χ1v) is 8.94. The van der Waals surface area contributed by atoms with Crippen molar-refractivity contribution in [3.8, 4) is 11.5 Å². The first-order chi connectivity index (χ1) is 12.6. The van der Waals surface area contributed by atoms with Crippen LogP contribution in [0.2, 0.25) is 5.02 Å². The van der Waals surface area contributed by atoms with Gasteiger partial charge in [-0.25, -0.2) is 0 Å². The van der Waals surface area contributed by atoms with Gasteiger partial charge in [0.15, 0.2) is 5.82 Å². The molecule has 0 spiro atoms. The van der Waals surface area contributed by atoms with Crippen LogP contribution in [0.25, 0.3) is 11.5 Å². The van der Waals surface area contributed by atoms with Gasteiger partial charge < -0.3 is 9.73 Å². The Bertz CT molecular complexity index is 857. The first-order valence-electron chi connectivity index (χ1n) is 8.56. The zero-order chi connectivity index (χ0) is 18.4. The summed E-state index contributed by atoms with van der Waals surface area (Å²) < 4.78 is 5.59. The van der Waals surface area contributed by atoms with Gasteiger partial charge in [-0.15, -0.1) is 10.2 Å². The lowest BCUT2D eigenvalue weighted by Gasteiger charge is -1.99. The van der Waals surface area contributed by atoms with E-state index in [0.29, 0.717) is 29.0 Å². The van der Waals surface area contributed by atoms with Crippen LogP contribution in [0.15, 0.2) is 34.7 Å². The summed E-state index contributed by atoms with van der Waals surface area (Å²) >= 11 is 5.86. The Morgan fingerprint density at radius 2 is 2.04 bits per heavy atom. The molecule has 0 aliphatic carbocycles. The van der Waals surface area contributed by atoms with E-state index in [0.717, 1.165) is 30.5 Å². The average Bonchev–Trinajstić information content (AvgIpc) is 3.28. The molecule has 0 saturated carbocycles. The van der Waals surface area contributed by atoms with Crippen LogP contribution in [-0.2, 0) is 17.6 Å². The van der Waals surface area contributed by atoms with Crippen molar-refractivity contribution in [1.82, 2.24) is 20.4 Å². The molecule has 0 bridgehead atoms. The normalized spacial score (nSPS) is 10.8. The molecular formula is C18H20ClN5O2. The number of hydrogen-bond donors (Lipinski definition) is 2. The number of unbranched alkanes of at least 4 members (excludes halogenated alkanes) is 1. The van der Waals surface area contributed by atoms with Gasteiger partial charge in [-0.05, 0) is 37.1 Å². The van der Waals surface area contributed by atoms with Crippen LogP contribution in [0.3, 0.4) is 0 Å². The molecule has 2 heterocycles. The van der Waals surface area contributed by atoms with Gasteiger partial charge in [0, 0.05) is 35.2 Å². The number of nitrogens with one attached hydrogen (secondary N) is 2. The van der Waals surface area contributed by atoms with Gasteiger partial charge in [-0.2, -0.15) is 5.10 Å². The van der Waals surface area contributed by atoms with Crippen molar-refractivity contribution in [3.63, 3.8) is 0 Å². The van der Waals surface area contributed by atoms with Crippen molar-refractivity contribution >= 4 is 23.3 Å². The van der Waals surface area contributed by atoms with E-state index in [9.17, 15) is 4.79 Å². The van der Waals surface area contributed by atoms with Gasteiger partial charge in [0.1, 0.15) is 0 Å².